The van der Waals surface area contributed by atoms with Crippen LogP contribution >= 0.6 is 15.6 Å². The zero-order valence-electron chi connectivity index (χ0n) is 60.7. The van der Waals surface area contributed by atoms with Crippen LogP contribution in [0.1, 0.15) is 376 Å². The second-order valence-electron chi connectivity index (χ2n) is 28.1. The van der Waals surface area contributed by atoms with Gasteiger partial charge in [0.2, 0.25) is 0 Å². The molecule has 3 N–H and O–H groups in total. The molecule has 17 nitrogen and oxygen atoms in total. The summed E-state index contributed by atoms with van der Waals surface area (Å²) in [5, 5.41) is 10.6. The van der Waals surface area contributed by atoms with Gasteiger partial charge in [-0.1, -0.05) is 325 Å². The topological polar surface area (TPSA) is 237 Å². The molecule has 0 aliphatic heterocycles. The van der Waals surface area contributed by atoms with Gasteiger partial charge in [-0.25, -0.2) is 9.13 Å². The van der Waals surface area contributed by atoms with Crippen LogP contribution in [0.25, 0.3) is 0 Å². The van der Waals surface area contributed by atoms with Gasteiger partial charge in [-0.2, -0.15) is 0 Å². The molecule has 0 radical (unpaired) electrons. The van der Waals surface area contributed by atoms with Crippen molar-refractivity contribution in [2.75, 3.05) is 39.6 Å². The van der Waals surface area contributed by atoms with Crippen LogP contribution in [0.3, 0.4) is 0 Å². The Morgan fingerprint density at radius 2 is 0.495 bits per heavy atom. The maximum Gasteiger partial charge on any atom is 0.472 e. The minimum Gasteiger partial charge on any atom is -0.462 e. The van der Waals surface area contributed by atoms with E-state index in [1.54, 1.807) is 0 Å². The van der Waals surface area contributed by atoms with Gasteiger partial charge in [-0.05, 0) is 43.4 Å². The fourth-order valence-corrected chi connectivity index (χ4v) is 12.8. The largest absolute Gasteiger partial charge is 0.472 e. The van der Waals surface area contributed by atoms with Gasteiger partial charge in [-0.15, -0.1) is 0 Å². The summed E-state index contributed by atoms with van der Waals surface area (Å²) in [6.45, 7) is 11.8. The first-order chi connectivity index (χ1) is 44.7. The number of phosphoric acid groups is 2. The quantitative estimate of drug-likeness (QED) is 0.0222. The molecule has 19 heteroatoms. The molecule has 93 heavy (non-hydrogen) atoms. The molecular weight excluding hydrogens is 1220 g/mol. The third-order valence-corrected chi connectivity index (χ3v) is 19.0. The molecule has 0 fully saturated rings. The highest BCUT2D eigenvalue weighted by molar-refractivity contribution is 7.47. The average molecular weight is 1370 g/mol. The Hall–Kier alpha value is -1.94. The number of carbonyl (C=O) groups excluding carboxylic acids is 4. The summed E-state index contributed by atoms with van der Waals surface area (Å²) in [5.74, 6) is 0.113. The monoisotopic (exact) mass is 1370 g/mol. The predicted molar refractivity (Wildman–Crippen MR) is 377 cm³/mol. The van der Waals surface area contributed by atoms with Gasteiger partial charge in [-0.3, -0.25) is 37.3 Å². The van der Waals surface area contributed by atoms with Gasteiger partial charge in [0, 0.05) is 25.7 Å². The van der Waals surface area contributed by atoms with Crippen LogP contribution < -0.4 is 0 Å². The molecule has 0 amide bonds. The van der Waals surface area contributed by atoms with E-state index in [1.165, 1.54) is 186 Å². The normalized spacial score (nSPS) is 14.1. The van der Waals surface area contributed by atoms with Crippen LogP contribution in [0, 0.1) is 17.8 Å². The summed E-state index contributed by atoms with van der Waals surface area (Å²) in [4.78, 5) is 72.7. The van der Waals surface area contributed by atoms with E-state index in [2.05, 4.69) is 48.5 Å². The summed E-state index contributed by atoms with van der Waals surface area (Å²) in [5.41, 5.74) is 0. The fourth-order valence-electron chi connectivity index (χ4n) is 11.2. The van der Waals surface area contributed by atoms with Crippen molar-refractivity contribution >= 4 is 39.5 Å². The molecule has 0 aliphatic rings. The Morgan fingerprint density at radius 3 is 0.731 bits per heavy atom. The van der Waals surface area contributed by atoms with Gasteiger partial charge < -0.3 is 33.8 Å². The lowest BCUT2D eigenvalue weighted by Crippen LogP contribution is -2.30. The van der Waals surface area contributed by atoms with Crippen molar-refractivity contribution in [3.05, 3.63) is 0 Å². The number of rotatable bonds is 72. The van der Waals surface area contributed by atoms with Crippen molar-refractivity contribution in [1.29, 1.82) is 0 Å². The average Bonchev–Trinajstić information content (AvgIpc) is 2.41. The number of unbranched alkanes of at least 4 members (excludes halogenated alkanes) is 40. The minimum absolute atomic E-state index is 0.105. The molecule has 0 aliphatic carbocycles. The van der Waals surface area contributed by atoms with E-state index in [-0.39, 0.29) is 25.7 Å². The van der Waals surface area contributed by atoms with Crippen molar-refractivity contribution in [2.45, 2.75) is 394 Å². The summed E-state index contributed by atoms with van der Waals surface area (Å²) in [7, 11) is -9.91. The Morgan fingerprint density at radius 1 is 0.290 bits per heavy atom. The standard InChI is InChI=1S/C74H144O17P2/c1-8-9-10-11-12-13-14-15-16-17-18-21-27-36-43-50-57-73(78)90-69(61-84-71(76)55-48-41-34-26-22-19-20-24-31-38-45-52-65(2)3)63-88-92(80,81)86-59-68(75)60-87-93(82,83)89-64-70(62-85-72(77)56-49-42-35-30-29-33-40-47-54-67(6)7)91-74(79)58-51-44-37-28-23-25-32-39-46-53-66(4)5/h65-70,75H,8-64H2,1-7H3,(H,80,81)(H,82,83)/t68-,69-,70-/m1/s1. The predicted octanol–water partition coefficient (Wildman–Crippen LogP) is 21.4. The molecule has 0 spiro atoms. The first kappa shape index (κ1) is 91.1. The van der Waals surface area contributed by atoms with E-state index in [1.807, 2.05) is 0 Å². The lowest BCUT2D eigenvalue weighted by molar-refractivity contribution is -0.161. The summed E-state index contributed by atoms with van der Waals surface area (Å²) in [6.07, 6.45) is 49.9. The summed E-state index contributed by atoms with van der Waals surface area (Å²) >= 11 is 0. The lowest BCUT2D eigenvalue weighted by Gasteiger charge is -2.21. The Labute approximate surface area is 568 Å². The number of aliphatic hydroxyl groups excluding tert-OH is 1. The van der Waals surface area contributed by atoms with Crippen LogP contribution in [0.5, 0.6) is 0 Å². The summed E-state index contributed by atoms with van der Waals surface area (Å²) < 4.78 is 68.5. The number of esters is 4. The molecule has 0 heterocycles. The van der Waals surface area contributed by atoms with Gasteiger partial charge in [0.15, 0.2) is 12.2 Å². The number of phosphoric ester groups is 2. The van der Waals surface area contributed by atoms with E-state index >= 15 is 0 Å². The highest BCUT2D eigenvalue weighted by atomic mass is 31.2. The van der Waals surface area contributed by atoms with Crippen molar-refractivity contribution in [3.63, 3.8) is 0 Å². The molecule has 0 saturated heterocycles. The molecule has 0 saturated carbocycles. The smallest absolute Gasteiger partial charge is 0.462 e. The number of ether oxygens (including phenoxy) is 4. The molecule has 0 aromatic heterocycles. The van der Waals surface area contributed by atoms with Gasteiger partial charge >= 0.3 is 39.5 Å². The van der Waals surface area contributed by atoms with Gasteiger partial charge in [0.25, 0.3) is 0 Å². The first-order valence-electron chi connectivity index (χ1n) is 38.3. The fraction of sp³-hybridized carbons (Fsp3) is 0.946. The first-order valence-corrected chi connectivity index (χ1v) is 41.3. The second kappa shape index (κ2) is 64.7. The molecule has 5 atom stereocenters. The Bertz CT molecular complexity index is 1820. The van der Waals surface area contributed by atoms with E-state index < -0.39 is 97.5 Å². The van der Waals surface area contributed by atoms with Crippen LogP contribution in [0.4, 0.5) is 0 Å². The Kier molecular flexibility index (Phi) is 63.4. The van der Waals surface area contributed by atoms with Crippen LogP contribution in [-0.2, 0) is 65.4 Å². The van der Waals surface area contributed by atoms with E-state index in [0.29, 0.717) is 25.7 Å². The number of aliphatic hydroxyl groups is 1. The zero-order valence-corrected chi connectivity index (χ0v) is 62.5. The van der Waals surface area contributed by atoms with Crippen LogP contribution in [-0.4, -0.2) is 96.7 Å². The second-order valence-corrected chi connectivity index (χ2v) is 31.0. The highest BCUT2D eigenvalue weighted by Gasteiger charge is 2.30. The van der Waals surface area contributed by atoms with Crippen molar-refractivity contribution < 1.29 is 80.2 Å². The van der Waals surface area contributed by atoms with Crippen molar-refractivity contribution in [3.8, 4) is 0 Å². The third kappa shape index (κ3) is 68.4. The van der Waals surface area contributed by atoms with E-state index in [4.69, 9.17) is 37.0 Å². The summed E-state index contributed by atoms with van der Waals surface area (Å²) in [6, 6.07) is 0. The molecular formula is C74H144O17P2. The van der Waals surface area contributed by atoms with Crippen LogP contribution in [0.15, 0.2) is 0 Å². The van der Waals surface area contributed by atoms with Crippen LogP contribution in [0.2, 0.25) is 0 Å². The third-order valence-electron chi connectivity index (χ3n) is 17.1. The lowest BCUT2D eigenvalue weighted by atomic mass is 10.0. The maximum atomic E-state index is 13.1. The number of hydrogen-bond donors (Lipinski definition) is 3. The minimum atomic E-state index is -4.96. The maximum absolute atomic E-state index is 13.1. The molecule has 0 aromatic rings. The van der Waals surface area contributed by atoms with Crippen molar-refractivity contribution in [1.82, 2.24) is 0 Å². The van der Waals surface area contributed by atoms with Gasteiger partial charge in [0.1, 0.15) is 19.3 Å². The molecule has 0 bridgehead atoms. The van der Waals surface area contributed by atoms with Gasteiger partial charge in [0.05, 0.1) is 26.4 Å². The number of hydrogen-bond acceptors (Lipinski definition) is 15. The highest BCUT2D eigenvalue weighted by Crippen LogP contribution is 2.45. The molecule has 552 valence electrons. The molecule has 0 aromatic carbocycles. The zero-order chi connectivity index (χ0) is 68.7. The van der Waals surface area contributed by atoms with Crippen molar-refractivity contribution in [2.24, 2.45) is 17.8 Å². The van der Waals surface area contributed by atoms with E-state index in [9.17, 15) is 43.2 Å². The number of carbonyl (C=O) groups is 4. The molecule has 2 unspecified atom stereocenters. The SMILES string of the molecule is CCCCCCCCCCCCCCCCCCC(=O)O[C@H](COC(=O)CCCCCCCCCCCCCC(C)C)COP(=O)(O)OC[C@@H](O)COP(=O)(O)OC[C@@H](COC(=O)CCCCCCCCCCC(C)C)OC(=O)CCCCCCCCCCCC(C)C. The van der Waals surface area contributed by atoms with E-state index in [0.717, 1.165) is 108 Å². The molecule has 0 rings (SSSR count). The Balaban J connectivity index is 5.26.